The first-order valence-electron chi connectivity index (χ1n) is 4.40. The molecule has 0 saturated carbocycles. The van der Waals surface area contributed by atoms with E-state index in [-0.39, 0.29) is 10.6 Å². The third-order valence-electron chi connectivity index (χ3n) is 1.90. The van der Waals surface area contributed by atoms with Crippen LogP contribution >= 0.6 is 23.2 Å². The van der Waals surface area contributed by atoms with E-state index in [1.165, 1.54) is 25.1 Å². The molecule has 0 fully saturated rings. The van der Waals surface area contributed by atoms with Crippen LogP contribution in [0, 0.1) is 0 Å². The lowest BCUT2D eigenvalue weighted by molar-refractivity contribution is -0.138. The lowest BCUT2D eigenvalue weighted by Crippen LogP contribution is -2.38. The van der Waals surface area contributed by atoms with Gasteiger partial charge in [0.15, 0.2) is 0 Å². The Balaban J connectivity index is 2.81. The van der Waals surface area contributed by atoms with Crippen LogP contribution in [0.3, 0.4) is 0 Å². The van der Waals surface area contributed by atoms with Crippen molar-refractivity contribution in [1.82, 2.24) is 5.32 Å². The van der Waals surface area contributed by atoms with Crippen LogP contribution in [0.4, 0.5) is 0 Å². The summed E-state index contributed by atoms with van der Waals surface area (Å²) in [7, 11) is 0. The molecule has 1 aromatic rings. The predicted octanol–water partition coefficient (Wildman–Crippen LogP) is 2.20. The molecule has 2 N–H and O–H groups in total. The van der Waals surface area contributed by atoms with Crippen LogP contribution in [0.2, 0.25) is 10.0 Å². The molecule has 0 aliphatic heterocycles. The molecule has 0 spiro atoms. The number of hydrogen-bond donors (Lipinski definition) is 2. The van der Waals surface area contributed by atoms with Crippen molar-refractivity contribution in [2.45, 2.75) is 13.0 Å². The lowest BCUT2D eigenvalue weighted by atomic mass is 10.2. The summed E-state index contributed by atoms with van der Waals surface area (Å²) in [5.74, 6) is -1.61. The number of carbonyl (C=O) groups is 2. The zero-order valence-electron chi connectivity index (χ0n) is 8.33. The number of amides is 1. The zero-order chi connectivity index (χ0) is 12.3. The van der Waals surface area contributed by atoms with Crippen LogP contribution in [-0.2, 0) is 4.79 Å². The molecule has 1 atom stereocenters. The Bertz CT molecular complexity index is 434. The van der Waals surface area contributed by atoms with Crippen molar-refractivity contribution in [3.05, 3.63) is 33.8 Å². The summed E-state index contributed by atoms with van der Waals surface area (Å²) in [5.41, 5.74) is 0.266. The summed E-state index contributed by atoms with van der Waals surface area (Å²) in [6, 6.07) is 3.37. The molecular weight excluding hydrogens is 253 g/mol. The minimum atomic E-state index is -1.10. The van der Waals surface area contributed by atoms with E-state index in [0.717, 1.165) is 0 Å². The molecule has 16 heavy (non-hydrogen) atoms. The third-order valence-corrected chi connectivity index (χ3v) is 2.64. The molecule has 0 aliphatic carbocycles. The average Bonchev–Trinajstić information content (AvgIpc) is 2.21. The van der Waals surface area contributed by atoms with Gasteiger partial charge in [0, 0.05) is 5.56 Å². The fourth-order valence-electron chi connectivity index (χ4n) is 0.979. The van der Waals surface area contributed by atoms with E-state index in [1.54, 1.807) is 0 Å². The molecule has 4 nitrogen and oxygen atoms in total. The van der Waals surface area contributed by atoms with Gasteiger partial charge in [-0.25, -0.2) is 0 Å². The monoisotopic (exact) mass is 261 g/mol. The van der Waals surface area contributed by atoms with Crippen LogP contribution in [0.15, 0.2) is 18.2 Å². The first-order valence-corrected chi connectivity index (χ1v) is 5.16. The van der Waals surface area contributed by atoms with Gasteiger partial charge in [-0.3, -0.25) is 9.59 Å². The number of rotatable bonds is 3. The van der Waals surface area contributed by atoms with Gasteiger partial charge in [0.1, 0.15) is 6.04 Å². The maximum Gasteiger partial charge on any atom is 0.325 e. The molecule has 1 amide bonds. The van der Waals surface area contributed by atoms with Gasteiger partial charge in [-0.05, 0) is 25.1 Å². The molecule has 86 valence electrons. The molecule has 0 heterocycles. The van der Waals surface area contributed by atoms with Gasteiger partial charge in [0.05, 0.1) is 10.0 Å². The Hall–Kier alpha value is -1.26. The number of benzene rings is 1. The van der Waals surface area contributed by atoms with E-state index in [1.807, 2.05) is 0 Å². The first-order chi connectivity index (χ1) is 7.41. The number of carboxylic acid groups (broad SMARTS) is 1. The van der Waals surface area contributed by atoms with Crippen molar-refractivity contribution < 1.29 is 14.7 Å². The van der Waals surface area contributed by atoms with Crippen LogP contribution in [-0.4, -0.2) is 23.0 Å². The Morgan fingerprint density at radius 2 is 1.94 bits per heavy atom. The summed E-state index contributed by atoms with van der Waals surface area (Å²) in [4.78, 5) is 22.1. The fourth-order valence-corrected chi connectivity index (χ4v) is 1.28. The van der Waals surface area contributed by atoms with Crippen LogP contribution in [0.25, 0.3) is 0 Å². The summed E-state index contributed by atoms with van der Waals surface area (Å²) in [6.45, 7) is 1.37. The van der Waals surface area contributed by atoms with Crippen molar-refractivity contribution in [2.24, 2.45) is 0 Å². The standard InChI is InChI=1S/C10H9Cl2NO3/c1-5(10(15)16)13-9(14)6-2-3-7(11)8(12)4-6/h2-5H,1H3,(H,13,14)(H,15,16)/t5-/m1/s1. The molecule has 0 saturated heterocycles. The fraction of sp³-hybridized carbons (Fsp3) is 0.200. The highest BCUT2D eigenvalue weighted by Crippen LogP contribution is 2.22. The molecule has 6 heteroatoms. The van der Waals surface area contributed by atoms with Crippen molar-refractivity contribution in [3.63, 3.8) is 0 Å². The summed E-state index contributed by atoms with van der Waals surface area (Å²) >= 11 is 11.4. The second-order valence-electron chi connectivity index (χ2n) is 3.16. The van der Waals surface area contributed by atoms with Crippen molar-refractivity contribution in [3.8, 4) is 0 Å². The van der Waals surface area contributed by atoms with Crippen LogP contribution < -0.4 is 5.32 Å². The van der Waals surface area contributed by atoms with Crippen LogP contribution in [0.5, 0.6) is 0 Å². The highest BCUT2D eigenvalue weighted by molar-refractivity contribution is 6.42. The zero-order valence-corrected chi connectivity index (χ0v) is 9.84. The van der Waals surface area contributed by atoms with Gasteiger partial charge in [0.2, 0.25) is 0 Å². The normalized spacial score (nSPS) is 11.9. The molecule has 0 aliphatic rings. The number of halogens is 2. The van der Waals surface area contributed by atoms with Crippen molar-refractivity contribution in [1.29, 1.82) is 0 Å². The number of hydrogen-bond acceptors (Lipinski definition) is 2. The summed E-state index contributed by atoms with van der Waals surface area (Å²) < 4.78 is 0. The molecule has 0 aromatic heterocycles. The van der Waals surface area contributed by atoms with Gasteiger partial charge in [-0.1, -0.05) is 23.2 Å². The molecule has 0 unspecified atom stereocenters. The van der Waals surface area contributed by atoms with Crippen molar-refractivity contribution in [2.75, 3.05) is 0 Å². The topological polar surface area (TPSA) is 66.4 Å². The molecule has 1 rings (SSSR count). The number of carboxylic acids is 1. The van der Waals surface area contributed by atoms with E-state index in [9.17, 15) is 9.59 Å². The van der Waals surface area contributed by atoms with E-state index >= 15 is 0 Å². The maximum atomic E-state index is 11.5. The smallest absolute Gasteiger partial charge is 0.325 e. The minimum Gasteiger partial charge on any atom is -0.480 e. The Morgan fingerprint density at radius 1 is 1.31 bits per heavy atom. The molecular formula is C10H9Cl2NO3. The maximum absolute atomic E-state index is 11.5. The van der Waals surface area contributed by atoms with E-state index in [0.29, 0.717) is 5.02 Å². The first kappa shape index (κ1) is 12.8. The molecule has 1 aromatic carbocycles. The molecule has 0 radical (unpaired) electrons. The van der Waals surface area contributed by atoms with Gasteiger partial charge >= 0.3 is 5.97 Å². The summed E-state index contributed by atoms with van der Waals surface area (Å²) in [6.07, 6.45) is 0. The van der Waals surface area contributed by atoms with Gasteiger partial charge in [-0.15, -0.1) is 0 Å². The average molecular weight is 262 g/mol. The highest BCUT2D eigenvalue weighted by atomic mass is 35.5. The third kappa shape index (κ3) is 3.12. The van der Waals surface area contributed by atoms with Crippen molar-refractivity contribution >= 4 is 35.1 Å². The second kappa shape index (κ2) is 5.18. The quantitative estimate of drug-likeness (QED) is 0.877. The van der Waals surface area contributed by atoms with E-state index in [4.69, 9.17) is 28.3 Å². The van der Waals surface area contributed by atoms with E-state index < -0.39 is 17.9 Å². The van der Waals surface area contributed by atoms with Gasteiger partial charge in [-0.2, -0.15) is 0 Å². The predicted molar refractivity (Wildman–Crippen MR) is 61.0 cm³/mol. The SMILES string of the molecule is C[C@@H](NC(=O)c1ccc(Cl)c(Cl)c1)C(=O)O. The van der Waals surface area contributed by atoms with Gasteiger partial charge < -0.3 is 10.4 Å². The Kier molecular flexibility index (Phi) is 4.15. The number of nitrogens with one attached hydrogen (secondary N) is 1. The number of aliphatic carboxylic acids is 1. The molecule has 0 bridgehead atoms. The minimum absolute atomic E-state index is 0.247. The van der Waals surface area contributed by atoms with Crippen LogP contribution in [0.1, 0.15) is 17.3 Å². The highest BCUT2D eigenvalue weighted by Gasteiger charge is 2.15. The largest absolute Gasteiger partial charge is 0.480 e. The number of carbonyl (C=O) groups excluding carboxylic acids is 1. The Labute approximate surface area is 102 Å². The second-order valence-corrected chi connectivity index (χ2v) is 3.98. The van der Waals surface area contributed by atoms with E-state index in [2.05, 4.69) is 5.32 Å². The summed E-state index contributed by atoms with van der Waals surface area (Å²) in [5, 5.41) is 11.5. The van der Waals surface area contributed by atoms with Gasteiger partial charge in [0.25, 0.3) is 5.91 Å². The Morgan fingerprint density at radius 3 is 2.44 bits per heavy atom. The lowest BCUT2D eigenvalue weighted by Gasteiger charge is -2.09.